The van der Waals surface area contributed by atoms with E-state index < -0.39 is 0 Å². The number of nitrogens with one attached hydrogen (secondary N) is 1. The van der Waals surface area contributed by atoms with Gasteiger partial charge in [0, 0.05) is 32.3 Å². The highest BCUT2D eigenvalue weighted by Gasteiger charge is 2.25. The predicted octanol–water partition coefficient (Wildman–Crippen LogP) is 0.986. The van der Waals surface area contributed by atoms with E-state index in [9.17, 15) is 14.4 Å². The van der Waals surface area contributed by atoms with E-state index in [-0.39, 0.29) is 29.0 Å². The van der Waals surface area contributed by atoms with Gasteiger partial charge in [-0.2, -0.15) is 0 Å². The number of nitrogens with zero attached hydrogens (tertiary/aromatic N) is 2. The largest absolute Gasteiger partial charge is 0.378 e. The summed E-state index contributed by atoms with van der Waals surface area (Å²) in [6.07, 6.45) is 5.33. The summed E-state index contributed by atoms with van der Waals surface area (Å²) in [5.74, 6) is -0.306. The Morgan fingerprint density at radius 2 is 1.88 bits per heavy atom. The number of rotatable bonds is 3. The van der Waals surface area contributed by atoms with Gasteiger partial charge in [-0.1, -0.05) is 12.8 Å². The average Bonchev–Trinajstić information content (AvgIpc) is 3.13. The van der Waals surface area contributed by atoms with Crippen LogP contribution in [0.15, 0.2) is 17.1 Å². The normalized spacial score (nSPS) is 18.6. The molecule has 1 saturated carbocycles. The number of pyridine rings is 1. The lowest BCUT2D eigenvalue weighted by atomic mass is 10.1. The second kappa shape index (κ2) is 7.17. The van der Waals surface area contributed by atoms with Gasteiger partial charge in [-0.25, -0.2) is 0 Å². The standard InChI is InChI=1S/C17H23N3O4/c1-19-11-13(16(22)20-6-8-24-9-7-20)10-14(17(19)23)18-15(21)12-4-2-3-5-12/h10-12H,2-9H2,1H3,(H,18,21). The first kappa shape index (κ1) is 16.7. The first-order chi connectivity index (χ1) is 11.6. The van der Waals surface area contributed by atoms with Gasteiger partial charge in [0.2, 0.25) is 5.91 Å². The minimum atomic E-state index is -0.306. The van der Waals surface area contributed by atoms with Crippen LogP contribution in [0.2, 0.25) is 0 Å². The number of amides is 2. The lowest BCUT2D eigenvalue weighted by molar-refractivity contribution is -0.119. The molecule has 2 amide bonds. The fourth-order valence-electron chi connectivity index (χ4n) is 3.29. The van der Waals surface area contributed by atoms with Gasteiger partial charge in [0.1, 0.15) is 5.69 Å². The van der Waals surface area contributed by atoms with Gasteiger partial charge in [-0.3, -0.25) is 14.4 Å². The molecule has 3 rings (SSSR count). The first-order valence-electron chi connectivity index (χ1n) is 8.45. The van der Waals surface area contributed by atoms with E-state index in [1.807, 2.05) is 0 Å². The van der Waals surface area contributed by atoms with Crippen LogP contribution >= 0.6 is 0 Å². The zero-order valence-electron chi connectivity index (χ0n) is 13.9. The number of hydrogen-bond acceptors (Lipinski definition) is 4. The molecule has 0 bridgehead atoms. The molecule has 1 aromatic heterocycles. The number of carbonyl (C=O) groups excluding carboxylic acids is 2. The molecule has 2 heterocycles. The van der Waals surface area contributed by atoms with Crippen molar-refractivity contribution < 1.29 is 14.3 Å². The number of ether oxygens (including phenoxy) is 1. The highest BCUT2D eigenvalue weighted by atomic mass is 16.5. The molecule has 0 atom stereocenters. The summed E-state index contributed by atoms with van der Waals surface area (Å²) in [5.41, 5.74) is 0.272. The van der Waals surface area contributed by atoms with Crippen LogP contribution < -0.4 is 10.9 Å². The topological polar surface area (TPSA) is 80.6 Å². The molecule has 24 heavy (non-hydrogen) atoms. The maximum atomic E-state index is 12.6. The predicted molar refractivity (Wildman–Crippen MR) is 89.0 cm³/mol. The van der Waals surface area contributed by atoms with Crippen molar-refractivity contribution in [2.45, 2.75) is 25.7 Å². The van der Waals surface area contributed by atoms with Gasteiger partial charge in [0.25, 0.3) is 11.5 Å². The van der Waals surface area contributed by atoms with Gasteiger partial charge < -0.3 is 19.5 Å². The molecule has 130 valence electrons. The summed E-state index contributed by atoms with van der Waals surface area (Å²) in [6.45, 7) is 2.10. The molecule has 7 nitrogen and oxygen atoms in total. The van der Waals surface area contributed by atoms with Crippen molar-refractivity contribution in [2.24, 2.45) is 13.0 Å². The average molecular weight is 333 g/mol. The molecule has 1 saturated heterocycles. The fraction of sp³-hybridized carbons (Fsp3) is 0.588. The van der Waals surface area contributed by atoms with E-state index in [0.717, 1.165) is 25.7 Å². The van der Waals surface area contributed by atoms with Crippen LogP contribution in [0.3, 0.4) is 0 Å². The minimum absolute atomic E-state index is 0.0340. The molecule has 1 aromatic rings. The molecule has 1 aliphatic heterocycles. The molecular weight excluding hydrogens is 310 g/mol. The summed E-state index contributed by atoms with van der Waals surface area (Å²) >= 11 is 0. The molecule has 0 aromatic carbocycles. The quantitative estimate of drug-likeness (QED) is 0.894. The Morgan fingerprint density at radius 3 is 2.54 bits per heavy atom. The number of carbonyl (C=O) groups is 2. The number of aromatic nitrogens is 1. The van der Waals surface area contributed by atoms with Crippen LogP contribution in [-0.2, 0) is 16.6 Å². The Morgan fingerprint density at radius 1 is 1.21 bits per heavy atom. The smallest absolute Gasteiger partial charge is 0.274 e. The Labute approximate surface area is 140 Å². The Hall–Kier alpha value is -2.15. The van der Waals surface area contributed by atoms with Crippen molar-refractivity contribution in [2.75, 3.05) is 31.6 Å². The summed E-state index contributed by atoms with van der Waals surface area (Å²) < 4.78 is 6.60. The summed E-state index contributed by atoms with van der Waals surface area (Å²) in [5, 5.41) is 2.72. The van der Waals surface area contributed by atoms with Crippen molar-refractivity contribution in [1.29, 1.82) is 0 Å². The summed E-state index contributed by atoms with van der Waals surface area (Å²) in [7, 11) is 1.59. The van der Waals surface area contributed by atoms with E-state index in [4.69, 9.17) is 4.74 Å². The lowest BCUT2D eigenvalue weighted by Crippen LogP contribution is -2.41. The molecule has 1 aliphatic carbocycles. The molecule has 2 fully saturated rings. The number of aryl methyl sites for hydroxylation is 1. The van der Waals surface area contributed by atoms with Crippen LogP contribution in [0, 0.1) is 5.92 Å². The van der Waals surface area contributed by atoms with Gasteiger partial charge in [-0.05, 0) is 18.9 Å². The van der Waals surface area contributed by atoms with Gasteiger partial charge in [0.05, 0.1) is 18.8 Å². The molecule has 7 heteroatoms. The second-order valence-corrected chi connectivity index (χ2v) is 6.43. The molecule has 0 spiro atoms. The lowest BCUT2D eigenvalue weighted by Gasteiger charge is -2.27. The highest BCUT2D eigenvalue weighted by molar-refractivity contribution is 5.97. The Kier molecular flexibility index (Phi) is 4.99. The van der Waals surface area contributed by atoms with E-state index in [1.165, 1.54) is 16.8 Å². The van der Waals surface area contributed by atoms with Gasteiger partial charge in [0.15, 0.2) is 0 Å². The minimum Gasteiger partial charge on any atom is -0.378 e. The molecular formula is C17H23N3O4. The van der Waals surface area contributed by atoms with Crippen molar-refractivity contribution >= 4 is 17.5 Å². The second-order valence-electron chi connectivity index (χ2n) is 6.43. The number of morpholine rings is 1. The van der Waals surface area contributed by atoms with Crippen molar-refractivity contribution in [3.63, 3.8) is 0 Å². The van der Waals surface area contributed by atoms with Crippen LogP contribution in [0.25, 0.3) is 0 Å². The first-order valence-corrected chi connectivity index (χ1v) is 8.45. The zero-order valence-corrected chi connectivity index (χ0v) is 13.9. The monoisotopic (exact) mass is 333 g/mol. The fourth-order valence-corrected chi connectivity index (χ4v) is 3.29. The SMILES string of the molecule is Cn1cc(C(=O)N2CCOCC2)cc(NC(=O)C2CCCC2)c1=O. The third-order valence-corrected chi connectivity index (χ3v) is 4.71. The van der Waals surface area contributed by atoms with Crippen molar-refractivity contribution in [3.05, 3.63) is 28.2 Å². The van der Waals surface area contributed by atoms with Crippen molar-refractivity contribution in [3.8, 4) is 0 Å². The Balaban J connectivity index is 1.81. The number of anilines is 1. The summed E-state index contributed by atoms with van der Waals surface area (Å²) in [6, 6.07) is 1.49. The van der Waals surface area contributed by atoms with E-state index >= 15 is 0 Å². The zero-order chi connectivity index (χ0) is 17.1. The highest BCUT2D eigenvalue weighted by Crippen LogP contribution is 2.25. The maximum absolute atomic E-state index is 12.6. The van der Waals surface area contributed by atoms with E-state index in [2.05, 4.69) is 5.32 Å². The number of hydrogen-bond donors (Lipinski definition) is 1. The van der Waals surface area contributed by atoms with Gasteiger partial charge in [-0.15, -0.1) is 0 Å². The summed E-state index contributed by atoms with van der Waals surface area (Å²) in [4.78, 5) is 38.9. The molecule has 0 radical (unpaired) electrons. The molecule has 2 aliphatic rings. The van der Waals surface area contributed by atoms with Crippen LogP contribution in [0.1, 0.15) is 36.0 Å². The van der Waals surface area contributed by atoms with Crippen LogP contribution in [-0.4, -0.2) is 47.6 Å². The van der Waals surface area contributed by atoms with Crippen LogP contribution in [0.5, 0.6) is 0 Å². The van der Waals surface area contributed by atoms with Crippen LogP contribution in [0.4, 0.5) is 5.69 Å². The van der Waals surface area contributed by atoms with Gasteiger partial charge >= 0.3 is 0 Å². The Bertz CT molecular complexity index is 686. The molecule has 0 unspecified atom stereocenters. The third kappa shape index (κ3) is 3.51. The third-order valence-electron chi connectivity index (χ3n) is 4.71. The van der Waals surface area contributed by atoms with E-state index in [0.29, 0.717) is 31.9 Å². The molecule has 1 N–H and O–H groups in total. The maximum Gasteiger partial charge on any atom is 0.274 e. The van der Waals surface area contributed by atoms with E-state index in [1.54, 1.807) is 11.9 Å². The van der Waals surface area contributed by atoms with Crippen molar-refractivity contribution in [1.82, 2.24) is 9.47 Å².